The molecule has 0 saturated carbocycles. The van der Waals surface area contributed by atoms with Crippen LogP contribution in [0.1, 0.15) is 32.4 Å². The number of hydrogen-bond donors (Lipinski definition) is 2. The second-order valence-corrected chi connectivity index (χ2v) is 4.54. The van der Waals surface area contributed by atoms with Gasteiger partial charge in [-0.2, -0.15) is 0 Å². The van der Waals surface area contributed by atoms with Crippen LogP contribution in [-0.2, 0) is 6.54 Å². The van der Waals surface area contributed by atoms with Crippen molar-refractivity contribution in [2.75, 3.05) is 6.54 Å². The SMILES string of the molecule is CCCC(C)CNCc1csc(=O)[nH]1. The Kier molecular flexibility index (Phi) is 4.90. The molecule has 0 spiro atoms. The van der Waals surface area contributed by atoms with Crippen LogP contribution in [0.5, 0.6) is 0 Å². The Morgan fingerprint density at radius 1 is 1.64 bits per heavy atom. The smallest absolute Gasteiger partial charge is 0.304 e. The van der Waals surface area contributed by atoms with Crippen molar-refractivity contribution in [2.45, 2.75) is 33.2 Å². The fourth-order valence-electron chi connectivity index (χ4n) is 1.45. The molecule has 1 heterocycles. The molecule has 1 rings (SSSR count). The molecule has 80 valence electrons. The molecule has 4 heteroatoms. The van der Waals surface area contributed by atoms with E-state index < -0.39 is 0 Å². The number of thiazole rings is 1. The lowest BCUT2D eigenvalue weighted by atomic mass is 10.1. The Morgan fingerprint density at radius 2 is 2.43 bits per heavy atom. The third-order valence-corrected chi connectivity index (χ3v) is 2.88. The largest absolute Gasteiger partial charge is 0.315 e. The lowest BCUT2D eigenvalue weighted by Crippen LogP contribution is -2.21. The topological polar surface area (TPSA) is 44.9 Å². The number of hydrogen-bond acceptors (Lipinski definition) is 3. The van der Waals surface area contributed by atoms with Crippen molar-refractivity contribution in [3.63, 3.8) is 0 Å². The van der Waals surface area contributed by atoms with Crippen LogP contribution in [0, 0.1) is 5.92 Å². The van der Waals surface area contributed by atoms with E-state index in [0.717, 1.165) is 18.8 Å². The van der Waals surface area contributed by atoms with Crippen molar-refractivity contribution in [2.24, 2.45) is 5.92 Å². The van der Waals surface area contributed by atoms with Gasteiger partial charge in [-0.25, -0.2) is 0 Å². The highest BCUT2D eigenvalue weighted by atomic mass is 32.1. The lowest BCUT2D eigenvalue weighted by Gasteiger charge is -2.10. The maximum atomic E-state index is 10.8. The normalized spacial score (nSPS) is 13.0. The van der Waals surface area contributed by atoms with Crippen molar-refractivity contribution in [1.29, 1.82) is 0 Å². The molecule has 1 atom stereocenters. The Balaban J connectivity index is 2.18. The van der Waals surface area contributed by atoms with Crippen LogP contribution < -0.4 is 10.2 Å². The molecule has 0 bridgehead atoms. The summed E-state index contributed by atoms with van der Waals surface area (Å²) in [6.07, 6.45) is 2.49. The molecule has 2 N–H and O–H groups in total. The highest BCUT2D eigenvalue weighted by molar-refractivity contribution is 7.07. The fraction of sp³-hybridized carbons (Fsp3) is 0.700. The first-order chi connectivity index (χ1) is 6.72. The molecule has 0 aromatic carbocycles. The minimum absolute atomic E-state index is 0.0309. The van der Waals surface area contributed by atoms with Crippen molar-refractivity contribution in [3.05, 3.63) is 20.7 Å². The van der Waals surface area contributed by atoms with Gasteiger partial charge < -0.3 is 10.3 Å². The molecule has 1 unspecified atom stereocenters. The molecule has 0 amide bonds. The van der Waals surface area contributed by atoms with Crippen molar-refractivity contribution < 1.29 is 0 Å². The van der Waals surface area contributed by atoms with Crippen LogP contribution in [0.15, 0.2) is 10.2 Å². The Hall–Kier alpha value is -0.610. The van der Waals surface area contributed by atoms with Gasteiger partial charge in [0.05, 0.1) is 0 Å². The van der Waals surface area contributed by atoms with Crippen LogP contribution >= 0.6 is 11.3 Å². The van der Waals surface area contributed by atoms with Crippen LogP contribution in [0.25, 0.3) is 0 Å². The Bertz CT molecular complexity index is 305. The minimum atomic E-state index is 0.0309. The predicted molar refractivity (Wildman–Crippen MR) is 60.7 cm³/mol. The molecule has 14 heavy (non-hydrogen) atoms. The van der Waals surface area contributed by atoms with E-state index in [1.807, 2.05) is 5.38 Å². The number of H-pyrrole nitrogens is 1. The highest BCUT2D eigenvalue weighted by Crippen LogP contribution is 2.03. The van der Waals surface area contributed by atoms with E-state index in [9.17, 15) is 4.79 Å². The second kappa shape index (κ2) is 5.98. The molecule has 0 radical (unpaired) electrons. The third kappa shape index (κ3) is 4.07. The summed E-state index contributed by atoms with van der Waals surface area (Å²) < 4.78 is 0. The molecule has 0 aliphatic rings. The van der Waals surface area contributed by atoms with E-state index in [4.69, 9.17) is 0 Å². The summed E-state index contributed by atoms with van der Waals surface area (Å²) >= 11 is 1.22. The van der Waals surface area contributed by atoms with Crippen LogP contribution in [0.4, 0.5) is 0 Å². The first-order valence-corrected chi connectivity index (χ1v) is 5.97. The van der Waals surface area contributed by atoms with Gasteiger partial charge in [-0.3, -0.25) is 4.79 Å². The quantitative estimate of drug-likeness (QED) is 0.760. The summed E-state index contributed by atoms with van der Waals surface area (Å²) in [6.45, 7) is 6.23. The van der Waals surface area contributed by atoms with Gasteiger partial charge in [0.2, 0.25) is 0 Å². The van der Waals surface area contributed by atoms with Gasteiger partial charge in [-0.05, 0) is 18.9 Å². The number of aromatic amines is 1. The summed E-state index contributed by atoms with van der Waals surface area (Å²) in [4.78, 5) is 13.6. The van der Waals surface area contributed by atoms with Crippen LogP contribution in [0.2, 0.25) is 0 Å². The summed E-state index contributed by atoms with van der Waals surface area (Å²) in [6, 6.07) is 0. The number of rotatable bonds is 6. The Morgan fingerprint density at radius 3 is 3.00 bits per heavy atom. The van der Waals surface area contributed by atoms with E-state index in [1.54, 1.807) is 0 Å². The minimum Gasteiger partial charge on any atom is -0.315 e. The van der Waals surface area contributed by atoms with Crippen molar-refractivity contribution in [1.82, 2.24) is 10.3 Å². The molecule has 3 nitrogen and oxygen atoms in total. The fourth-order valence-corrected chi connectivity index (χ4v) is 2.03. The van der Waals surface area contributed by atoms with E-state index in [1.165, 1.54) is 24.2 Å². The van der Waals surface area contributed by atoms with Gasteiger partial charge in [0.15, 0.2) is 0 Å². The highest BCUT2D eigenvalue weighted by Gasteiger charge is 2.00. The van der Waals surface area contributed by atoms with E-state index in [-0.39, 0.29) is 4.87 Å². The van der Waals surface area contributed by atoms with Crippen molar-refractivity contribution in [3.8, 4) is 0 Å². The number of nitrogens with one attached hydrogen (secondary N) is 2. The monoisotopic (exact) mass is 214 g/mol. The van der Waals surface area contributed by atoms with Gasteiger partial charge in [0, 0.05) is 17.6 Å². The summed E-state index contributed by atoms with van der Waals surface area (Å²) in [5.74, 6) is 0.713. The van der Waals surface area contributed by atoms with Gasteiger partial charge in [-0.15, -0.1) is 0 Å². The third-order valence-electron chi connectivity index (χ3n) is 2.16. The van der Waals surface area contributed by atoms with Crippen molar-refractivity contribution >= 4 is 11.3 Å². The zero-order chi connectivity index (χ0) is 10.4. The summed E-state index contributed by atoms with van der Waals surface area (Å²) in [7, 11) is 0. The Labute approximate surface area is 88.6 Å². The molecule has 1 aromatic heterocycles. The maximum Gasteiger partial charge on any atom is 0.304 e. The van der Waals surface area contributed by atoms with Gasteiger partial charge in [-0.1, -0.05) is 31.6 Å². The van der Waals surface area contributed by atoms with Crippen LogP contribution in [0.3, 0.4) is 0 Å². The molecule has 0 aliphatic carbocycles. The first kappa shape index (κ1) is 11.5. The zero-order valence-corrected chi connectivity index (χ0v) is 9.62. The molecule has 1 aromatic rings. The molecule has 0 fully saturated rings. The summed E-state index contributed by atoms with van der Waals surface area (Å²) in [5.41, 5.74) is 0.990. The average Bonchev–Trinajstić information content (AvgIpc) is 2.52. The van der Waals surface area contributed by atoms with Crippen LogP contribution in [-0.4, -0.2) is 11.5 Å². The standard InChI is InChI=1S/C10H18N2OS/c1-3-4-8(2)5-11-6-9-7-14-10(13)12-9/h7-8,11H,3-6H2,1-2H3,(H,12,13). The molecular formula is C10H18N2OS. The molecule has 0 saturated heterocycles. The predicted octanol–water partition coefficient (Wildman–Crippen LogP) is 1.96. The average molecular weight is 214 g/mol. The number of aromatic nitrogens is 1. The van der Waals surface area contributed by atoms with E-state index in [0.29, 0.717) is 5.92 Å². The van der Waals surface area contributed by atoms with E-state index >= 15 is 0 Å². The first-order valence-electron chi connectivity index (χ1n) is 5.09. The maximum absolute atomic E-state index is 10.8. The van der Waals surface area contributed by atoms with Gasteiger partial charge in [0.1, 0.15) is 0 Å². The summed E-state index contributed by atoms with van der Waals surface area (Å²) in [5, 5.41) is 5.21. The second-order valence-electron chi connectivity index (χ2n) is 3.70. The molecular weight excluding hydrogens is 196 g/mol. The van der Waals surface area contributed by atoms with Gasteiger partial charge in [0.25, 0.3) is 0 Å². The lowest BCUT2D eigenvalue weighted by molar-refractivity contribution is 0.474. The van der Waals surface area contributed by atoms with E-state index in [2.05, 4.69) is 24.1 Å². The molecule has 0 aliphatic heterocycles. The zero-order valence-electron chi connectivity index (χ0n) is 8.80. The van der Waals surface area contributed by atoms with Gasteiger partial charge >= 0.3 is 4.87 Å².